The predicted octanol–water partition coefficient (Wildman–Crippen LogP) is 2.76. The number of halogens is 3. The normalized spacial score (nSPS) is 21.2. The standard InChI is InChI=1S/C22H28F3N3O4S/c1-14(26-20(29)15-5-6-15)21(30)27-11-9-18(10-12-27)28(17-7-8-17)33(31,32)19-4-2-3-16(13-19)22(23,24)25/h2-4,13-15,17-18H,5-12H2,1H3,(H,26,29)/t14-/m1/s1. The average molecular weight is 488 g/mol. The van der Waals surface area contributed by atoms with Crippen molar-refractivity contribution < 1.29 is 31.2 Å². The molecule has 1 N–H and O–H groups in total. The Kier molecular flexibility index (Phi) is 6.47. The minimum atomic E-state index is -4.63. The smallest absolute Gasteiger partial charge is 0.344 e. The number of sulfonamides is 1. The molecule has 0 spiro atoms. The lowest BCUT2D eigenvalue weighted by atomic mass is 10.0. The monoisotopic (exact) mass is 487 g/mol. The van der Waals surface area contributed by atoms with Gasteiger partial charge in [-0.05, 0) is 63.6 Å². The van der Waals surface area contributed by atoms with Gasteiger partial charge in [0, 0.05) is 31.1 Å². The van der Waals surface area contributed by atoms with Gasteiger partial charge < -0.3 is 10.2 Å². The van der Waals surface area contributed by atoms with Crippen molar-refractivity contribution in [3.05, 3.63) is 29.8 Å². The van der Waals surface area contributed by atoms with Crippen LogP contribution < -0.4 is 5.32 Å². The lowest BCUT2D eigenvalue weighted by Gasteiger charge is -2.38. The molecule has 0 bridgehead atoms. The zero-order chi connectivity index (χ0) is 24.0. The molecular formula is C22H28F3N3O4S. The van der Waals surface area contributed by atoms with Crippen molar-refractivity contribution in [2.75, 3.05) is 13.1 Å². The van der Waals surface area contributed by atoms with E-state index in [0.717, 1.165) is 25.0 Å². The van der Waals surface area contributed by atoms with Gasteiger partial charge in [0.15, 0.2) is 0 Å². The molecule has 0 radical (unpaired) electrons. The van der Waals surface area contributed by atoms with Crippen molar-refractivity contribution in [2.24, 2.45) is 5.92 Å². The minimum absolute atomic E-state index is 0.000795. The highest BCUT2D eigenvalue weighted by Gasteiger charge is 2.44. The summed E-state index contributed by atoms with van der Waals surface area (Å²) in [5, 5.41) is 2.74. The molecule has 11 heteroatoms. The highest BCUT2D eigenvalue weighted by molar-refractivity contribution is 7.89. The summed E-state index contributed by atoms with van der Waals surface area (Å²) in [6.45, 7) is 2.30. The number of carbonyl (C=O) groups excluding carboxylic acids is 2. The summed E-state index contributed by atoms with van der Waals surface area (Å²) < 4.78 is 67.4. The van der Waals surface area contributed by atoms with Gasteiger partial charge in [-0.2, -0.15) is 17.5 Å². The Morgan fingerprint density at radius 1 is 1.06 bits per heavy atom. The summed E-state index contributed by atoms with van der Waals surface area (Å²) >= 11 is 0. The average Bonchev–Trinajstić information content (AvgIpc) is 3.67. The van der Waals surface area contributed by atoms with Crippen LogP contribution in [0.4, 0.5) is 13.2 Å². The van der Waals surface area contributed by atoms with Crippen LogP contribution >= 0.6 is 0 Å². The highest BCUT2D eigenvalue weighted by atomic mass is 32.2. The van der Waals surface area contributed by atoms with Gasteiger partial charge in [0.1, 0.15) is 6.04 Å². The van der Waals surface area contributed by atoms with Gasteiger partial charge in [0.05, 0.1) is 10.5 Å². The molecule has 3 aliphatic rings. The number of hydrogen-bond donors (Lipinski definition) is 1. The maximum Gasteiger partial charge on any atom is 0.416 e. The first-order valence-corrected chi connectivity index (χ1v) is 12.7. The number of benzene rings is 1. The third-order valence-electron chi connectivity index (χ3n) is 6.46. The first kappa shape index (κ1) is 24.0. The molecule has 4 rings (SSSR count). The van der Waals surface area contributed by atoms with E-state index in [2.05, 4.69) is 5.32 Å². The van der Waals surface area contributed by atoms with Crippen LogP contribution in [-0.2, 0) is 25.8 Å². The van der Waals surface area contributed by atoms with Crippen LogP contribution in [0.1, 0.15) is 51.0 Å². The third-order valence-corrected chi connectivity index (χ3v) is 8.46. The van der Waals surface area contributed by atoms with E-state index < -0.39 is 33.8 Å². The van der Waals surface area contributed by atoms with Crippen molar-refractivity contribution in [2.45, 2.75) is 74.6 Å². The summed E-state index contributed by atoms with van der Waals surface area (Å²) in [7, 11) is -4.12. The van der Waals surface area contributed by atoms with E-state index in [9.17, 15) is 31.2 Å². The van der Waals surface area contributed by atoms with Crippen LogP contribution in [0.15, 0.2) is 29.2 Å². The number of rotatable bonds is 7. The molecule has 33 heavy (non-hydrogen) atoms. The van der Waals surface area contributed by atoms with Crippen molar-refractivity contribution in [3.63, 3.8) is 0 Å². The number of hydrogen-bond acceptors (Lipinski definition) is 4. The third kappa shape index (κ3) is 5.34. The number of carbonyl (C=O) groups is 2. The molecule has 0 aromatic heterocycles. The van der Waals surface area contributed by atoms with Gasteiger partial charge >= 0.3 is 6.18 Å². The number of likely N-dealkylation sites (tertiary alicyclic amines) is 1. The topological polar surface area (TPSA) is 86.8 Å². The van der Waals surface area contributed by atoms with E-state index in [1.807, 2.05) is 0 Å². The number of piperidine rings is 1. The maximum absolute atomic E-state index is 13.3. The fourth-order valence-corrected chi connectivity index (χ4v) is 6.30. The summed E-state index contributed by atoms with van der Waals surface area (Å²) in [5.74, 6) is -0.321. The van der Waals surface area contributed by atoms with Gasteiger partial charge in [-0.25, -0.2) is 8.42 Å². The van der Waals surface area contributed by atoms with Gasteiger partial charge in [-0.15, -0.1) is 0 Å². The van der Waals surface area contributed by atoms with Gasteiger partial charge in [-0.1, -0.05) is 6.07 Å². The summed E-state index contributed by atoms with van der Waals surface area (Å²) in [6.07, 6.45) is -0.825. The van der Waals surface area contributed by atoms with Gasteiger partial charge in [0.2, 0.25) is 21.8 Å². The second-order valence-electron chi connectivity index (χ2n) is 9.15. The van der Waals surface area contributed by atoms with Crippen LogP contribution in [0.3, 0.4) is 0 Å². The fourth-order valence-electron chi connectivity index (χ4n) is 4.33. The number of amides is 2. The first-order chi connectivity index (χ1) is 15.5. The largest absolute Gasteiger partial charge is 0.416 e. The molecule has 1 saturated heterocycles. The maximum atomic E-state index is 13.3. The minimum Gasteiger partial charge on any atom is -0.344 e. The molecule has 1 aromatic carbocycles. The molecule has 2 amide bonds. The zero-order valence-electron chi connectivity index (χ0n) is 18.3. The van der Waals surface area contributed by atoms with E-state index in [4.69, 9.17) is 0 Å². The molecular weight excluding hydrogens is 459 g/mol. The molecule has 7 nitrogen and oxygen atoms in total. The van der Waals surface area contributed by atoms with E-state index in [1.165, 1.54) is 10.4 Å². The van der Waals surface area contributed by atoms with E-state index in [-0.39, 0.29) is 28.7 Å². The number of alkyl halides is 3. The molecule has 2 aliphatic carbocycles. The summed E-state index contributed by atoms with van der Waals surface area (Å²) in [4.78, 5) is 25.9. The Morgan fingerprint density at radius 3 is 2.21 bits per heavy atom. The van der Waals surface area contributed by atoms with Gasteiger partial charge in [0.25, 0.3) is 0 Å². The van der Waals surface area contributed by atoms with Crippen molar-refractivity contribution in [1.82, 2.24) is 14.5 Å². The molecule has 1 aliphatic heterocycles. The second kappa shape index (κ2) is 8.90. The molecule has 1 atom stereocenters. The Labute approximate surface area is 191 Å². The molecule has 182 valence electrons. The van der Waals surface area contributed by atoms with Crippen molar-refractivity contribution >= 4 is 21.8 Å². The Morgan fingerprint density at radius 2 is 1.67 bits per heavy atom. The van der Waals surface area contributed by atoms with Crippen LogP contribution in [0.5, 0.6) is 0 Å². The van der Waals surface area contributed by atoms with E-state index >= 15 is 0 Å². The molecule has 2 saturated carbocycles. The molecule has 3 fully saturated rings. The first-order valence-electron chi connectivity index (χ1n) is 11.3. The number of nitrogens with zero attached hydrogens (tertiary/aromatic N) is 2. The quantitative estimate of drug-likeness (QED) is 0.641. The molecule has 1 heterocycles. The Bertz CT molecular complexity index is 1010. The lowest BCUT2D eigenvalue weighted by molar-refractivity contribution is -0.138. The fraction of sp³-hybridized carbons (Fsp3) is 0.636. The Hall–Kier alpha value is -2.14. The van der Waals surface area contributed by atoms with Crippen molar-refractivity contribution in [1.29, 1.82) is 0 Å². The summed E-state index contributed by atoms with van der Waals surface area (Å²) in [6, 6.07) is 2.58. The highest BCUT2D eigenvalue weighted by Crippen LogP contribution is 2.38. The SMILES string of the molecule is C[C@@H](NC(=O)C1CC1)C(=O)N1CCC(N(C2CC2)S(=O)(=O)c2cccc(C(F)(F)F)c2)CC1. The van der Waals surface area contributed by atoms with Crippen LogP contribution in [0.25, 0.3) is 0 Å². The van der Waals surface area contributed by atoms with Crippen LogP contribution in [-0.4, -0.2) is 60.7 Å². The van der Waals surface area contributed by atoms with E-state index in [0.29, 0.717) is 44.8 Å². The summed E-state index contributed by atoms with van der Waals surface area (Å²) in [5.41, 5.74) is -0.998. The number of nitrogens with one attached hydrogen (secondary N) is 1. The molecule has 0 unspecified atom stereocenters. The lowest BCUT2D eigenvalue weighted by Crippen LogP contribution is -2.53. The second-order valence-corrected chi connectivity index (χ2v) is 11.0. The van der Waals surface area contributed by atoms with Crippen LogP contribution in [0, 0.1) is 5.92 Å². The van der Waals surface area contributed by atoms with Crippen LogP contribution in [0.2, 0.25) is 0 Å². The predicted molar refractivity (Wildman–Crippen MR) is 113 cm³/mol. The zero-order valence-corrected chi connectivity index (χ0v) is 19.2. The van der Waals surface area contributed by atoms with Crippen molar-refractivity contribution in [3.8, 4) is 0 Å². The van der Waals surface area contributed by atoms with E-state index in [1.54, 1.807) is 11.8 Å². The molecule has 1 aromatic rings. The van der Waals surface area contributed by atoms with Gasteiger partial charge in [-0.3, -0.25) is 9.59 Å². The Balaban J connectivity index is 1.43.